The van der Waals surface area contributed by atoms with Crippen molar-refractivity contribution in [3.63, 3.8) is 0 Å². The van der Waals surface area contributed by atoms with E-state index in [0.717, 1.165) is 12.8 Å². The van der Waals surface area contributed by atoms with Crippen LogP contribution in [0.3, 0.4) is 0 Å². The number of carbonyl (C=O) groups excluding carboxylic acids is 1. The highest BCUT2D eigenvalue weighted by atomic mass is 32.2. The van der Waals surface area contributed by atoms with E-state index >= 15 is 0 Å². The molecule has 0 unspecified atom stereocenters. The van der Waals surface area contributed by atoms with Crippen LogP contribution in [-0.2, 0) is 14.6 Å². The van der Waals surface area contributed by atoms with Crippen molar-refractivity contribution in [2.75, 3.05) is 25.1 Å². The quantitative estimate of drug-likeness (QED) is 0.557. The van der Waals surface area contributed by atoms with E-state index in [4.69, 9.17) is 0 Å². The van der Waals surface area contributed by atoms with Crippen molar-refractivity contribution in [3.8, 4) is 0 Å². The fourth-order valence-electron chi connectivity index (χ4n) is 0.966. The van der Waals surface area contributed by atoms with Crippen molar-refractivity contribution in [3.05, 3.63) is 0 Å². The smallest absolute Gasteiger partial charge is 0.234 e. The molecule has 0 spiro atoms. The Balaban J connectivity index is 2.00. The molecule has 14 heavy (non-hydrogen) atoms. The van der Waals surface area contributed by atoms with Crippen molar-refractivity contribution in [2.45, 2.75) is 18.9 Å². The van der Waals surface area contributed by atoms with Gasteiger partial charge in [-0.05, 0) is 12.8 Å². The Morgan fingerprint density at radius 1 is 1.43 bits per heavy atom. The lowest BCUT2D eigenvalue weighted by Crippen LogP contribution is -2.36. The summed E-state index contributed by atoms with van der Waals surface area (Å²) in [4.78, 5) is 11.1. The molecule has 1 aliphatic carbocycles. The molecule has 0 aliphatic heterocycles. The molecule has 0 aromatic rings. The van der Waals surface area contributed by atoms with Crippen LogP contribution in [0.4, 0.5) is 0 Å². The van der Waals surface area contributed by atoms with E-state index < -0.39 is 9.84 Å². The van der Waals surface area contributed by atoms with Crippen LogP contribution in [-0.4, -0.2) is 45.5 Å². The van der Waals surface area contributed by atoms with Crippen molar-refractivity contribution in [1.29, 1.82) is 0 Å². The summed E-state index contributed by atoms with van der Waals surface area (Å²) in [5.74, 6) is 0.0185. The van der Waals surface area contributed by atoms with Gasteiger partial charge in [0, 0.05) is 18.8 Å². The Bertz CT molecular complexity index is 296. The minimum atomic E-state index is -2.93. The van der Waals surface area contributed by atoms with Gasteiger partial charge in [-0.3, -0.25) is 4.79 Å². The highest BCUT2D eigenvalue weighted by Crippen LogP contribution is 2.17. The van der Waals surface area contributed by atoms with Gasteiger partial charge in [0.05, 0.1) is 12.3 Å². The molecular weight excluding hydrogens is 204 g/mol. The highest BCUT2D eigenvalue weighted by molar-refractivity contribution is 7.90. The summed E-state index contributed by atoms with van der Waals surface area (Å²) in [5, 5.41) is 5.58. The van der Waals surface area contributed by atoms with Gasteiger partial charge in [0.15, 0.2) is 0 Å². The van der Waals surface area contributed by atoms with Crippen LogP contribution < -0.4 is 10.6 Å². The molecule has 0 aromatic heterocycles. The van der Waals surface area contributed by atoms with E-state index in [-0.39, 0.29) is 18.2 Å². The molecule has 2 N–H and O–H groups in total. The normalized spacial score (nSPS) is 16.6. The van der Waals surface area contributed by atoms with Crippen LogP contribution >= 0.6 is 0 Å². The summed E-state index contributed by atoms with van der Waals surface area (Å²) in [6.07, 6.45) is 3.31. The number of amides is 1. The van der Waals surface area contributed by atoms with E-state index in [0.29, 0.717) is 12.6 Å². The van der Waals surface area contributed by atoms with E-state index in [1.54, 1.807) is 0 Å². The van der Waals surface area contributed by atoms with Gasteiger partial charge in [0.1, 0.15) is 9.84 Å². The number of hydrogen-bond donors (Lipinski definition) is 2. The molecule has 5 nitrogen and oxygen atoms in total. The number of hydrogen-bond acceptors (Lipinski definition) is 4. The zero-order valence-corrected chi connectivity index (χ0v) is 9.06. The minimum absolute atomic E-state index is 0.0546. The lowest BCUT2D eigenvalue weighted by atomic mass is 10.5. The summed E-state index contributed by atoms with van der Waals surface area (Å²) in [6.45, 7) is 0.531. The Morgan fingerprint density at radius 2 is 2.07 bits per heavy atom. The fourth-order valence-corrected chi connectivity index (χ4v) is 1.48. The Kier molecular flexibility index (Phi) is 3.88. The third-order valence-electron chi connectivity index (χ3n) is 1.88. The van der Waals surface area contributed by atoms with Crippen LogP contribution in [0, 0.1) is 0 Å². The van der Waals surface area contributed by atoms with Gasteiger partial charge in [0.25, 0.3) is 0 Å². The van der Waals surface area contributed by atoms with Gasteiger partial charge in [-0.1, -0.05) is 0 Å². The zero-order valence-electron chi connectivity index (χ0n) is 8.25. The second-order valence-corrected chi connectivity index (χ2v) is 5.91. The first-order valence-electron chi connectivity index (χ1n) is 4.65. The predicted molar refractivity (Wildman–Crippen MR) is 53.7 cm³/mol. The maximum Gasteiger partial charge on any atom is 0.234 e. The van der Waals surface area contributed by atoms with Crippen molar-refractivity contribution in [1.82, 2.24) is 10.6 Å². The number of nitrogens with one attached hydrogen (secondary N) is 2. The molecule has 6 heteroatoms. The molecule has 0 heterocycles. The monoisotopic (exact) mass is 220 g/mol. The molecular formula is C8H16N2O3S. The van der Waals surface area contributed by atoms with Crippen molar-refractivity contribution < 1.29 is 13.2 Å². The molecule has 0 saturated heterocycles. The summed E-state index contributed by atoms with van der Waals surface area (Å²) < 4.78 is 21.4. The maximum absolute atomic E-state index is 11.1. The summed E-state index contributed by atoms with van der Waals surface area (Å²) in [7, 11) is -2.93. The molecule has 82 valence electrons. The summed E-state index contributed by atoms with van der Waals surface area (Å²) in [5.41, 5.74) is 0. The fraction of sp³-hybridized carbons (Fsp3) is 0.875. The Labute approximate surface area is 84.2 Å². The van der Waals surface area contributed by atoms with Crippen molar-refractivity contribution >= 4 is 15.7 Å². The highest BCUT2D eigenvalue weighted by Gasteiger charge is 2.22. The standard InChI is InChI=1S/C8H16N2O3S/c1-14(12,13)5-4-9-6-8(11)10-7-2-3-7/h7,9H,2-6H2,1H3,(H,10,11). The van der Waals surface area contributed by atoms with Crippen LogP contribution in [0.2, 0.25) is 0 Å². The van der Waals surface area contributed by atoms with Gasteiger partial charge < -0.3 is 10.6 Å². The van der Waals surface area contributed by atoms with E-state index in [1.165, 1.54) is 6.26 Å². The number of sulfone groups is 1. The van der Waals surface area contributed by atoms with Gasteiger partial charge in [-0.25, -0.2) is 8.42 Å². The molecule has 0 aromatic carbocycles. The van der Waals surface area contributed by atoms with Gasteiger partial charge in [0.2, 0.25) is 5.91 Å². The molecule has 0 radical (unpaired) electrons. The largest absolute Gasteiger partial charge is 0.352 e. The number of carbonyl (C=O) groups is 1. The second kappa shape index (κ2) is 4.75. The molecule has 0 bridgehead atoms. The van der Waals surface area contributed by atoms with Crippen LogP contribution in [0.15, 0.2) is 0 Å². The van der Waals surface area contributed by atoms with E-state index in [2.05, 4.69) is 10.6 Å². The first kappa shape index (κ1) is 11.5. The van der Waals surface area contributed by atoms with Gasteiger partial charge in [-0.15, -0.1) is 0 Å². The predicted octanol–water partition coefficient (Wildman–Crippen LogP) is -1.10. The minimum Gasteiger partial charge on any atom is -0.352 e. The SMILES string of the molecule is CS(=O)(=O)CCNCC(=O)NC1CC1. The van der Waals surface area contributed by atoms with Crippen LogP contribution in [0.5, 0.6) is 0 Å². The Morgan fingerprint density at radius 3 is 2.57 bits per heavy atom. The first-order valence-corrected chi connectivity index (χ1v) is 6.71. The van der Waals surface area contributed by atoms with E-state index in [1.807, 2.05) is 0 Å². The lowest BCUT2D eigenvalue weighted by molar-refractivity contribution is -0.120. The Hall–Kier alpha value is -0.620. The molecule has 1 fully saturated rings. The molecule has 0 atom stereocenters. The third kappa shape index (κ3) is 5.93. The second-order valence-electron chi connectivity index (χ2n) is 3.65. The zero-order chi connectivity index (χ0) is 10.6. The van der Waals surface area contributed by atoms with Crippen LogP contribution in [0.25, 0.3) is 0 Å². The van der Waals surface area contributed by atoms with Gasteiger partial charge >= 0.3 is 0 Å². The average Bonchev–Trinajstić information content (AvgIpc) is 2.80. The van der Waals surface area contributed by atoms with Crippen molar-refractivity contribution in [2.24, 2.45) is 0 Å². The first-order chi connectivity index (χ1) is 6.47. The topological polar surface area (TPSA) is 75.3 Å². The molecule has 1 rings (SSSR count). The maximum atomic E-state index is 11.1. The average molecular weight is 220 g/mol. The molecule has 1 saturated carbocycles. The lowest BCUT2D eigenvalue weighted by Gasteiger charge is -2.04. The number of rotatable bonds is 6. The molecule has 1 amide bonds. The summed E-state index contributed by atoms with van der Waals surface area (Å²) >= 11 is 0. The molecule has 1 aliphatic rings. The summed E-state index contributed by atoms with van der Waals surface area (Å²) in [6, 6.07) is 0.360. The van der Waals surface area contributed by atoms with Gasteiger partial charge in [-0.2, -0.15) is 0 Å². The third-order valence-corrected chi connectivity index (χ3v) is 2.82. The van der Waals surface area contributed by atoms with Crippen LogP contribution in [0.1, 0.15) is 12.8 Å². The van der Waals surface area contributed by atoms with E-state index in [9.17, 15) is 13.2 Å².